The molecule has 0 bridgehead atoms. The third kappa shape index (κ3) is 8.26. The predicted molar refractivity (Wildman–Crippen MR) is 62.9 cm³/mol. The third-order valence-electron chi connectivity index (χ3n) is 1.95. The van der Waals surface area contributed by atoms with Crippen LogP contribution in [0, 0.1) is 11.3 Å². The van der Waals surface area contributed by atoms with Gasteiger partial charge in [-0.2, -0.15) is 5.26 Å². The Bertz CT molecular complexity index is 313. The van der Waals surface area contributed by atoms with Crippen LogP contribution in [0.15, 0.2) is 0 Å². The van der Waals surface area contributed by atoms with Crippen LogP contribution in [0.2, 0.25) is 0 Å². The Labute approximate surface area is 102 Å². The molecule has 0 unspecified atom stereocenters. The summed E-state index contributed by atoms with van der Waals surface area (Å²) >= 11 is 0. The highest BCUT2D eigenvalue weighted by atomic mass is 16.6. The molecule has 0 aliphatic carbocycles. The zero-order valence-corrected chi connectivity index (χ0v) is 10.9. The first-order valence-electron chi connectivity index (χ1n) is 5.59. The largest absolute Gasteiger partial charge is 0.460 e. The van der Waals surface area contributed by atoms with Gasteiger partial charge >= 0.3 is 5.97 Å². The van der Waals surface area contributed by atoms with Gasteiger partial charge in [-0.15, -0.1) is 0 Å². The van der Waals surface area contributed by atoms with Crippen molar-refractivity contribution in [3.05, 3.63) is 0 Å². The summed E-state index contributed by atoms with van der Waals surface area (Å²) in [5.74, 6) is -0.523. The second kappa shape index (κ2) is 6.89. The number of rotatable bonds is 5. The zero-order valence-electron chi connectivity index (χ0n) is 10.9. The fraction of sp³-hybridized carbons (Fsp3) is 0.750. The SMILES string of the molecule is CN(CCC#N)C(=O)CCC(=O)OC(C)(C)C. The Morgan fingerprint density at radius 2 is 1.88 bits per heavy atom. The van der Waals surface area contributed by atoms with Gasteiger partial charge < -0.3 is 9.64 Å². The van der Waals surface area contributed by atoms with E-state index in [0.717, 1.165) is 0 Å². The third-order valence-corrected chi connectivity index (χ3v) is 1.95. The van der Waals surface area contributed by atoms with E-state index < -0.39 is 5.60 Å². The standard InChI is InChI=1S/C12H20N2O3/c1-12(2,3)17-11(16)7-6-10(15)14(4)9-5-8-13/h5-7,9H2,1-4H3. The molecule has 0 saturated carbocycles. The lowest BCUT2D eigenvalue weighted by Gasteiger charge is -2.20. The van der Waals surface area contributed by atoms with E-state index in [1.807, 2.05) is 6.07 Å². The highest BCUT2D eigenvalue weighted by molar-refractivity contribution is 5.81. The van der Waals surface area contributed by atoms with E-state index in [0.29, 0.717) is 13.0 Å². The summed E-state index contributed by atoms with van der Waals surface area (Å²) in [4.78, 5) is 24.3. The highest BCUT2D eigenvalue weighted by Crippen LogP contribution is 2.09. The van der Waals surface area contributed by atoms with Crippen LogP contribution in [0.1, 0.15) is 40.0 Å². The lowest BCUT2D eigenvalue weighted by Crippen LogP contribution is -2.29. The second-order valence-electron chi connectivity index (χ2n) is 4.81. The van der Waals surface area contributed by atoms with Gasteiger partial charge in [0.25, 0.3) is 0 Å². The number of ether oxygens (including phenoxy) is 1. The maximum absolute atomic E-state index is 11.5. The van der Waals surface area contributed by atoms with Crippen LogP contribution in [0.25, 0.3) is 0 Å². The van der Waals surface area contributed by atoms with Gasteiger partial charge in [-0.3, -0.25) is 9.59 Å². The van der Waals surface area contributed by atoms with Crippen LogP contribution in [-0.2, 0) is 14.3 Å². The average molecular weight is 240 g/mol. The van der Waals surface area contributed by atoms with E-state index in [1.165, 1.54) is 4.90 Å². The number of carbonyl (C=O) groups is 2. The Morgan fingerprint density at radius 1 is 1.29 bits per heavy atom. The molecule has 0 aromatic rings. The molecule has 0 aromatic heterocycles. The van der Waals surface area contributed by atoms with Gasteiger partial charge in [0.05, 0.1) is 18.9 Å². The monoisotopic (exact) mass is 240 g/mol. The van der Waals surface area contributed by atoms with Crippen molar-refractivity contribution in [3.8, 4) is 6.07 Å². The van der Waals surface area contributed by atoms with Gasteiger partial charge in [-0.05, 0) is 20.8 Å². The minimum absolute atomic E-state index is 0.0764. The summed E-state index contributed by atoms with van der Waals surface area (Å²) in [7, 11) is 1.62. The zero-order chi connectivity index (χ0) is 13.5. The van der Waals surface area contributed by atoms with Gasteiger partial charge in [-0.25, -0.2) is 0 Å². The number of amides is 1. The van der Waals surface area contributed by atoms with Gasteiger partial charge in [0, 0.05) is 20.0 Å². The van der Waals surface area contributed by atoms with Crippen molar-refractivity contribution in [1.82, 2.24) is 4.90 Å². The molecule has 0 fully saturated rings. The molecule has 96 valence electrons. The molecular weight excluding hydrogens is 220 g/mol. The van der Waals surface area contributed by atoms with Gasteiger partial charge in [0.2, 0.25) is 5.91 Å². The Kier molecular flexibility index (Phi) is 6.26. The molecule has 0 heterocycles. The Balaban J connectivity index is 3.92. The molecule has 17 heavy (non-hydrogen) atoms. The van der Waals surface area contributed by atoms with Gasteiger partial charge in [0.1, 0.15) is 5.60 Å². The Morgan fingerprint density at radius 3 is 2.35 bits per heavy atom. The number of hydrogen-bond donors (Lipinski definition) is 0. The van der Waals surface area contributed by atoms with Crippen molar-refractivity contribution in [2.45, 2.75) is 45.6 Å². The minimum atomic E-state index is -0.521. The highest BCUT2D eigenvalue weighted by Gasteiger charge is 2.18. The first-order valence-corrected chi connectivity index (χ1v) is 5.59. The summed E-state index contributed by atoms with van der Waals surface area (Å²) < 4.78 is 5.09. The fourth-order valence-electron chi connectivity index (χ4n) is 1.13. The van der Waals surface area contributed by atoms with Crippen molar-refractivity contribution in [3.63, 3.8) is 0 Å². The molecule has 0 aliphatic heterocycles. The lowest BCUT2D eigenvalue weighted by molar-refractivity contribution is -0.156. The molecule has 0 radical (unpaired) electrons. The summed E-state index contributed by atoms with van der Waals surface area (Å²) in [6, 6.07) is 1.96. The number of nitriles is 1. The van der Waals surface area contributed by atoms with Crippen molar-refractivity contribution in [2.24, 2.45) is 0 Å². The maximum atomic E-state index is 11.5. The van der Waals surface area contributed by atoms with Crippen molar-refractivity contribution in [2.75, 3.05) is 13.6 Å². The molecule has 1 amide bonds. The summed E-state index contributed by atoms with van der Waals surface area (Å²) in [6.45, 7) is 5.74. The lowest BCUT2D eigenvalue weighted by atomic mass is 10.2. The second-order valence-corrected chi connectivity index (χ2v) is 4.81. The number of hydrogen-bond acceptors (Lipinski definition) is 4. The van der Waals surface area contributed by atoms with Crippen molar-refractivity contribution in [1.29, 1.82) is 5.26 Å². The first-order chi connectivity index (χ1) is 7.76. The molecule has 0 aromatic carbocycles. The van der Waals surface area contributed by atoms with Gasteiger partial charge in [-0.1, -0.05) is 0 Å². The van der Waals surface area contributed by atoms with Crippen LogP contribution in [0.4, 0.5) is 0 Å². The summed E-state index contributed by atoms with van der Waals surface area (Å²) in [5.41, 5.74) is -0.521. The topological polar surface area (TPSA) is 70.4 Å². The van der Waals surface area contributed by atoms with Crippen LogP contribution < -0.4 is 0 Å². The quantitative estimate of drug-likeness (QED) is 0.682. The average Bonchev–Trinajstić information content (AvgIpc) is 2.20. The summed E-state index contributed by atoms with van der Waals surface area (Å²) in [6.07, 6.45) is 0.499. The minimum Gasteiger partial charge on any atom is -0.460 e. The van der Waals surface area contributed by atoms with E-state index >= 15 is 0 Å². The molecule has 0 rings (SSSR count). The van der Waals surface area contributed by atoms with Crippen LogP contribution in [0.5, 0.6) is 0 Å². The number of esters is 1. The van der Waals surface area contributed by atoms with E-state index in [4.69, 9.17) is 10.00 Å². The molecule has 0 N–H and O–H groups in total. The molecule has 0 atom stereocenters. The fourth-order valence-corrected chi connectivity index (χ4v) is 1.13. The number of nitrogens with zero attached hydrogens (tertiary/aromatic N) is 2. The van der Waals surface area contributed by atoms with E-state index in [-0.39, 0.29) is 24.7 Å². The first kappa shape index (κ1) is 15.4. The van der Waals surface area contributed by atoms with Crippen molar-refractivity contribution >= 4 is 11.9 Å². The molecule has 0 spiro atoms. The smallest absolute Gasteiger partial charge is 0.306 e. The molecule has 5 heteroatoms. The van der Waals surface area contributed by atoms with E-state index in [9.17, 15) is 9.59 Å². The molecule has 0 aliphatic rings. The van der Waals surface area contributed by atoms with Crippen LogP contribution in [-0.4, -0.2) is 36.0 Å². The maximum Gasteiger partial charge on any atom is 0.306 e. The van der Waals surface area contributed by atoms with E-state index in [1.54, 1.807) is 27.8 Å². The Hall–Kier alpha value is -1.57. The van der Waals surface area contributed by atoms with E-state index in [2.05, 4.69) is 0 Å². The van der Waals surface area contributed by atoms with Gasteiger partial charge in [0.15, 0.2) is 0 Å². The number of carbonyl (C=O) groups excluding carboxylic acids is 2. The van der Waals surface area contributed by atoms with Crippen LogP contribution in [0.3, 0.4) is 0 Å². The normalized spacial score (nSPS) is 10.5. The molecule has 0 saturated heterocycles. The summed E-state index contributed by atoms with van der Waals surface area (Å²) in [5, 5.41) is 8.38. The van der Waals surface area contributed by atoms with Crippen molar-refractivity contribution < 1.29 is 14.3 Å². The van der Waals surface area contributed by atoms with Crippen LogP contribution >= 0.6 is 0 Å². The molecule has 5 nitrogen and oxygen atoms in total. The molecular formula is C12H20N2O3. The predicted octanol–water partition coefficient (Wildman–Crippen LogP) is 1.48.